The van der Waals surface area contributed by atoms with Crippen molar-refractivity contribution in [3.8, 4) is 12.3 Å². The van der Waals surface area contributed by atoms with Crippen molar-refractivity contribution >= 4 is 5.97 Å². The van der Waals surface area contributed by atoms with Gasteiger partial charge in [0.1, 0.15) is 0 Å². The number of hydroxylamine groups is 1. The summed E-state index contributed by atoms with van der Waals surface area (Å²) in [6, 6.07) is 0.00987. The first-order chi connectivity index (χ1) is 13.0. The summed E-state index contributed by atoms with van der Waals surface area (Å²) >= 11 is 0. The molecule has 0 saturated heterocycles. The number of hydrogen-bond donors (Lipinski definition) is 1. The molecule has 3 saturated carbocycles. The van der Waals surface area contributed by atoms with E-state index < -0.39 is 5.60 Å². The van der Waals surface area contributed by atoms with Crippen molar-refractivity contribution < 1.29 is 9.53 Å². The van der Waals surface area contributed by atoms with E-state index in [-0.39, 0.29) is 17.4 Å². The predicted octanol–water partition coefficient (Wildman–Crippen LogP) is 4.34. The van der Waals surface area contributed by atoms with Gasteiger partial charge in [-0.15, -0.1) is 6.42 Å². The van der Waals surface area contributed by atoms with Gasteiger partial charge in [-0.1, -0.05) is 24.5 Å². The van der Waals surface area contributed by atoms with Gasteiger partial charge in [-0.2, -0.15) is 0 Å². The number of esters is 1. The van der Waals surface area contributed by atoms with Gasteiger partial charge in [0.2, 0.25) is 0 Å². The predicted molar refractivity (Wildman–Crippen MR) is 105 cm³/mol. The SMILES string of the molecule is C#CC1(OC(C)=O)CCC2C3CCC4=CC(N[O-])CCC4C3CCC21CC. The van der Waals surface area contributed by atoms with E-state index in [1.54, 1.807) is 0 Å². The average molecular weight is 371 g/mol. The monoisotopic (exact) mass is 370 g/mol. The second-order valence-corrected chi connectivity index (χ2v) is 9.27. The van der Waals surface area contributed by atoms with Crippen LogP contribution in [0.5, 0.6) is 0 Å². The number of allylic oxidation sites excluding steroid dienone is 1. The smallest absolute Gasteiger partial charge is 0.304 e. The van der Waals surface area contributed by atoms with Crippen LogP contribution in [0.3, 0.4) is 0 Å². The highest BCUT2D eigenvalue weighted by Gasteiger charge is 2.65. The Kier molecular flexibility index (Phi) is 4.89. The fourth-order valence-electron chi connectivity index (χ4n) is 7.61. The van der Waals surface area contributed by atoms with E-state index in [0.29, 0.717) is 23.7 Å². The largest absolute Gasteiger partial charge is 0.787 e. The van der Waals surface area contributed by atoms with Crippen LogP contribution in [-0.4, -0.2) is 17.6 Å². The van der Waals surface area contributed by atoms with Gasteiger partial charge in [-0.05, 0) is 81.5 Å². The van der Waals surface area contributed by atoms with E-state index >= 15 is 0 Å². The molecule has 4 rings (SSSR count). The molecular weight excluding hydrogens is 338 g/mol. The molecule has 0 bridgehead atoms. The van der Waals surface area contributed by atoms with Crippen LogP contribution in [0.2, 0.25) is 0 Å². The minimum absolute atomic E-state index is 0.00987. The maximum Gasteiger partial charge on any atom is 0.304 e. The molecule has 0 amide bonds. The van der Waals surface area contributed by atoms with Gasteiger partial charge in [0.05, 0.1) is 0 Å². The van der Waals surface area contributed by atoms with Crippen molar-refractivity contribution in [2.24, 2.45) is 29.1 Å². The van der Waals surface area contributed by atoms with Crippen LogP contribution in [0.1, 0.15) is 71.6 Å². The van der Waals surface area contributed by atoms with Crippen LogP contribution < -0.4 is 5.48 Å². The number of nitrogens with one attached hydrogen (secondary N) is 1. The number of carbonyl (C=O) groups excluding carboxylic acids is 1. The third-order valence-electron chi connectivity index (χ3n) is 8.61. The molecule has 0 spiro atoms. The first kappa shape index (κ1) is 19.0. The van der Waals surface area contributed by atoms with E-state index in [0.717, 1.165) is 51.4 Å². The molecule has 1 N–H and O–H groups in total. The Morgan fingerprint density at radius 1 is 1.30 bits per heavy atom. The molecule has 4 aliphatic carbocycles. The highest BCUT2D eigenvalue weighted by Crippen LogP contribution is 2.67. The molecule has 27 heavy (non-hydrogen) atoms. The molecule has 7 atom stereocenters. The highest BCUT2D eigenvalue weighted by molar-refractivity contribution is 5.67. The minimum Gasteiger partial charge on any atom is -0.787 e. The highest BCUT2D eigenvalue weighted by atomic mass is 16.6. The lowest BCUT2D eigenvalue weighted by molar-refractivity contribution is -0.170. The number of terminal acetylenes is 1. The third-order valence-corrected chi connectivity index (χ3v) is 8.61. The number of fused-ring (bicyclic) bond motifs is 5. The molecule has 0 aromatic rings. The molecule has 3 fully saturated rings. The van der Waals surface area contributed by atoms with Gasteiger partial charge < -0.3 is 15.4 Å². The van der Waals surface area contributed by atoms with Crippen molar-refractivity contribution in [3.63, 3.8) is 0 Å². The molecule has 0 aromatic heterocycles. The molecule has 4 heteroatoms. The van der Waals surface area contributed by atoms with E-state index in [9.17, 15) is 10.0 Å². The quantitative estimate of drug-likeness (QED) is 0.347. The molecule has 4 aliphatic rings. The van der Waals surface area contributed by atoms with Crippen molar-refractivity contribution in [2.45, 2.75) is 83.3 Å². The fraction of sp³-hybridized carbons (Fsp3) is 0.783. The van der Waals surface area contributed by atoms with E-state index in [1.807, 2.05) is 0 Å². The van der Waals surface area contributed by atoms with Crippen LogP contribution in [-0.2, 0) is 9.53 Å². The maximum atomic E-state index is 11.9. The van der Waals surface area contributed by atoms with Crippen LogP contribution >= 0.6 is 0 Å². The Hall–Kier alpha value is -1.31. The van der Waals surface area contributed by atoms with Crippen molar-refractivity contribution in [2.75, 3.05) is 0 Å². The lowest BCUT2D eigenvalue weighted by Crippen LogP contribution is -2.55. The van der Waals surface area contributed by atoms with Gasteiger partial charge in [-0.3, -0.25) is 4.79 Å². The summed E-state index contributed by atoms with van der Waals surface area (Å²) in [7, 11) is 0. The molecule has 0 heterocycles. The molecule has 7 unspecified atom stereocenters. The summed E-state index contributed by atoms with van der Waals surface area (Å²) in [5.41, 5.74) is 2.93. The Labute approximate surface area is 163 Å². The summed E-state index contributed by atoms with van der Waals surface area (Å²) in [6.45, 7) is 3.72. The summed E-state index contributed by atoms with van der Waals surface area (Å²) in [4.78, 5) is 11.9. The first-order valence-corrected chi connectivity index (χ1v) is 10.8. The number of rotatable bonds is 3. The molecule has 0 aromatic carbocycles. The van der Waals surface area contributed by atoms with Crippen molar-refractivity contribution in [1.82, 2.24) is 5.48 Å². The average Bonchev–Trinajstić information content (AvgIpc) is 3.01. The lowest BCUT2D eigenvalue weighted by Gasteiger charge is -2.56. The fourth-order valence-corrected chi connectivity index (χ4v) is 7.61. The van der Waals surface area contributed by atoms with Crippen LogP contribution in [0.15, 0.2) is 11.6 Å². The first-order valence-electron chi connectivity index (χ1n) is 10.8. The molecule has 0 aliphatic heterocycles. The Morgan fingerprint density at radius 2 is 2.11 bits per heavy atom. The Balaban J connectivity index is 1.64. The summed E-state index contributed by atoms with van der Waals surface area (Å²) in [5.74, 6) is 5.28. The normalized spacial score (nSPS) is 45.7. The number of carbonyl (C=O) groups is 1. The maximum absolute atomic E-state index is 11.9. The third kappa shape index (κ3) is 2.69. The summed E-state index contributed by atoms with van der Waals surface area (Å²) in [5, 5.41) is 11.1. The van der Waals surface area contributed by atoms with E-state index in [1.165, 1.54) is 18.9 Å². The van der Waals surface area contributed by atoms with E-state index in [4.69, 9.17) is 11.2 Å². The number of ether oxygens (including phenoxy) is 1. The van der Waals surface area contributed by atoms with Gasteiger partial charge >= 0.3 is 5.97 Å². The molecule has 4 nitrogen and oxygen atoms in total. The van der Waals surface area contributed by atoms with Gasteiger partial charge in [0.25, 0.3) is 0 Å². The van der Waals surface area contributed by atoms with Crippen LogP contribution in [0.4, 0.5) is 0 Å². The Bertz CT molecular complexity index is 680. The van der Waals surface area contributed by atoms with Gasteiger partial charge in [0.15, 0.2) is 5.60 Å². The van der Waals surface area contributed by atoms with Crippen LogP contribution in [0.25, 0.3) is 0 Å². The van der Waals surface area contributed by atoms with Crippen molar-refractivity contribution in [1.29, 1.82) is 0 Å². The zero-order valence-electron chi connectivity index (χ0n) is 16.6. The molecule has 0 radical (unpaired) electrons. The minimum atomic E-state index is -0.719. The number of hydrogen-bond acceptors (Lipinski definition) is 4. The summed E-state index contributed by atoms with van der Waals surface area (Å²) < 4.78 is 5.90. The Morgan fingerprint density at radius 3 is 2.78 bits per heavy atom. The zero-order chi connectivity index (χ0) is 19.2. The molecule has 148 valence electrons. The van der Waals surface area contributed by atoms with Gasteiger partial charge in [-0.25, -0.2) is 0 Å². The van der Waals surface area contributed by atoms with E-state index in [2.05, 4.69) is 24.4 Å². The second-order valence-electron chi connectivity index (χ2n) is 9.27. The lowest BCUT2D eigenvalue weighted by atomic mass is 9.49. The van der Waals surface area contributed by atoms with Gasteiger partial charge in [0, 0.05) is 18.4 Å². The zero-order valence-corrected chi connectivity index (χ0v) is 16.6. The van der Waals surface area contributed by atoms with Crippen molar-refractivity contribution in [3.05, 3.63) is 16.9 Å². The van der Waals surface area contributed by atoms with Crippen LogP contribution in [0, 0.1) is 46.6 Å². The summed E-state index contributed by atoms with van der Waals surface area (Å²) in [6.07, 6.45) is 17.7. The molecular formula is C23H32NO3-. The topological polar surface area (TPSA) is 61.4 Å². The second kappa shape index (κ2) is 6.94. The standard InChI is InChI=1S/C23H32NO3/c1-4-22-12-10-19-18-9-7-17(24-26)14-16(18)6-8-20(19)21(22)11-13-23(22,5-2)27-15(3)25/h2,14,17-21,24H,4,6-13H2,1,3H3/q-1.